The van der Waals surface area contributed by atoms with Gasteiger partial charge in [0.1, 0.15) is 6.10 Å². The molecule has 58 valence electrons. The minimum absolute atomic E-state index is 0.350. The first-order valence-corrected chi connectivity index (χ1v) is 3.87. The molecule has 0 aromatic carbocycles. The van der Waals surface area contributed by atoms with Crippen molar-refractivity contribution in [3.05, 3.63) is 17.3 Å². The van der Waals surface area contributed by atoms with E-state index in [0.29, 0.717) is 17.0 Å². The molecule has 0 aliphatic heterocycles. The van der Waals surface area contributed by atoms with Crippen molar-refractivity contribution in [3.63, 3.8) is 0 Å². The van der Waals surface area contributed by atoms with Crippen LogP contribution < -0.4 is 4.74 Å². The molecule has 0 bridgehead atoms. The van der Waals surface area contributed by atoms with Crippen LogP contribution >= 0.6 is 11.6 Å². The van der Waals surface area contributed by atoms with Gasteiger partial charge in [0.05, 0.1) is 11.2 Å². The maximum absolute atomic E-state index is 5.67. The molecule has 1 saturated carbocycles. The Morgan fingerprint density at radius 2 is 2.36 bits per heavy atom. The third-order valence-electron chi connectivity index (χ3n) is 1.41. The van der Waals surface area contributed by atoms with Crippen LogP contribution in [0.4, 0.5) is 0 Å². The highest BCUT2D eigenvalue weighted by molar-refractivity contribution is 6.30. The summed E-state index contributed by atoms with van der Waals surface area (Å²) in [5.41, 5.74) is 0. The third-order valence-corrected chi connectivity index (χ3v) is 1.62. The molecule has 11 heavy (non-hydrogen) atoms. The molecular weight excluding hydrogens is 164 g/mol. The van der Waals surface area contributed by atoms with Gasteiger partial charge in [0.15, 0.2) is 0 Å². The quantitative estimate of drug-likeness (QED) is 0.677. The number of aromatic nitrogens is 2. The lowest BCUT2D eigenvalue weighted by molar-refractivity contribution is 0.287. The predicted octanol–water partition coefficient (Wildman–Crippen LogP) is 1.67. The third kappa shape index (κ3) is 1.80. The molecule has 4 heteroatoms. The molecule has 0 spiro atoms. The minimum atomic E-state index is 0.350. The number of rotatable bonds is 2. The van der Waals surface area contributed by atoms with E-state index in [0.717, 1.165) is 12.8 Å². The molecule has 0 N–H and O–H groups in total. The van der Waals surface area contributed by atoms with Gasteiger partial charge < -0.3 is 4.74 Å². The fourth-order valence-corrected chi connectivity index (χ4v) is 0.876. The van der Waals surface area contributed by atoms with Crippen molar-refractivity contribution < 1.29 is 4.74 Å². The first kappa shape index (κ1) is 6.85. The molecule has 1 aromatic rings. The average molecular weight is 171 g/mol. The van der Waals surface area contributed by atoms with Crippen molar-refractivity contribution in [2.45, 2.75) is 18.9 Å². The summed E-state index contributed by atoms with van der Waals surface area (Å²) in [4.78, 5) is 0. The van der Waals surface area contributed by atoms with E-state index >= 15 is 0 Å². The fraction of sp³-hybridized carbons (Fsp3) is 0.429. The lowest BCUT2D eigenvalue weighted by Gasteiger charge is -2.00. The first-order chi connectivity index (χ1) is 5.34. The van der Waals surface area contributed by atoms with Crippen LogP contribution in [0.25, 0.3) is 0 Å². The van der Waals surface area contributed by atoms with E-state index in [1.807, 2.05) is 0 Å². The van der Waals surface area contributed by atoms with Crippen LogP contribution in [-0.4, -0.2) is 16.3 Å². The van der Waals surface area contributed by atoms with Gasteiger partial charge in [-0.25, -0.2) is 0 Å². The Morgan fingerprint density at radius 3 is 3.00 bits per heavy atom. The van der Waals surface area contributed by atoms with E-state index in [9.17, 15) is 0 Å². The second-order valence-corrected chi connectivity index (χ2v) is 2.97. The Hall–Kier alpha value is -0.830. The van der Waals surface area contributed by atoms with Gasteiger partial charge in [0, 0.05) is 6.07 Å². The topological polar surface area (TPSA) is 35.0 Å². The number of hydrogen-bond acceptors (Lipinski definition) is 3. The molecule has 0 unspecified atom stereocenters. The molecule has 1 heterocycles. The number of ether oxygens (including phenoxy) is 1. The standard InChI is InChI=1S/C7H7ClN2O/c8-5-3-7(10-9-4-5)11-6-1-2-6/h3-4,6H,1-2H2. The maximum Gasteiger partial charge on any atom is 0.235 e. The van der Waals surface area contributed by atoms with E-state index in [4.69, 9.17) is 16.3 Å². The summed E-state index contributed by atoms with van der Waals surface area (Å²) in [6, 6.07) is 1.67. The molecular formula is C7H7ClN2O. The highest BCUT2D eigenvalue weighted by atomic mass is 35.5. The Bertz CT molecular complexity index is 262. The molecule has 1 aliphatic rings. The minimum Gasteiger partial charge on any atom is -0.473 e. The van der Waals surface area contributed by atoms with Gasteiger partial charge >= 0.3 is 0 Å². The summed E-state index contributed by atoms with van der Waals surface area (Å²) in [5, 5.41) is 7.99. The van der Waals surface area contributed by atoms with Crippen LogP contribution in [-0.2, 0) is 0 Å². The summed E-state index contributed by atoms with van der Waals surface area (Å²) in [6.07, 6.45) is 4.08. The SMILES string of the molecule is Clc1cnnc(OC2CC2)c1. The van der Waals surface area contributed by atoms with E-state index in [2.05, 4.69) is 10.2 Å². The molecule has 1 aliphatic carbocycles. The average Bonchev–Trinajstić information content (AvgIpc) is 2.71. The summed E-state index contributed by atoms with van der Waals surface area (Å²) in [5.74, 6) is 0.528. The van der Waals surface area contributed by atoms with Crippen LogP contribution in [0, 0.1) is 0 Å². The highest BCUT2D eigenvalue weighted by Gasteiger charge is 2.24. The summed E-state index contributed by atoms with van der Waals surface area (Å²) >= 11 is 5.67. The van der Waals surface area contributed by atoms with Gasteiger partial charge in [-0.1, -0.05) is 11.6 Å². The van der Waals surface area contributed by atoms with Crippen molar-refractivity contribution in [1.29, 1.82) is 0 Å². The fourth-order valence-electron chi connectivity index (χ4n) is 0.739. The van der Waals surface area contributed by atoms with Crippen LogP contribution in [0.1, 0.15) is 12.8 Å². The predicted molar refractivity (Wildman–Crippen MR) is 40.7 cm³/mol. The van der Waals surface area contributed by atoms with Crippen LogP contribution in [0.3, 0.4) is 0 Å². The van der Waals surface area contributed by atoms with Crippen molar-refractivity contribution in [2.24, 2.45) is 0 Å². The van der Waals surface area contributed by atoms with Gasteiger partial charge in [0.2, 0.25) is 5.88 Å². The molecule has 1 fully saturated rings. The lowest BCUT2D eigenvalue weighted by atomic mass is 10.5. The Kier molecular flexibility index (Phi) is 1.66. The van der Waals surface area contributed by atoms with E-state index in [1.54, 1.807) is 6.07 Å². The van der Waals surface area contributed by atoms with Crippen LogP contribution in [0.15, 0.2) is 12.3 Å². The monoisotopic (exact) mass is 170 g/mol. The normalized spacial score (nSPS) is 16.5. The number of hydrogen-bond donors (Lipinski definition) is 0. The highest BCUT2D eigenvalue weighted by Crippen LogP contribution is 2.25. The summed E-state index contributed by atoms with van der Waals surface area (Å²) in [7, 11) is 0. The zero-order chi connectivity index (χ0) is 7.68. The molecule has 3 nitrogen and oxygen atoms in total. The van der Waals surface area contributed by atoms with Gasteiger partial charge in [0.25, 0.3) is 0 Å². The molecule has 0 atom stereocenters. The molecule has 1 aromatic heterocycles. The zero-order valence-electron chi connectivity index (χ0n) is 5.83. The van der Waals surface area contributed by atoms with E-state index < -0.39 is 0 Å². The Balaban J connectivity index is 2.10. The van der Waals surface area contributed by atoms with E-state index in [-0.39, 0.29) is 0 Å². The van der Waals surface area contributed by atoms with Crippen molar-refractivity contribution in [3.8, 4) is 5.88 Å². The van der Waals surface area contributed by atoms with Gasteiger partial charge in [-0.2, -0.15) is 5.10 Å². The first-order valence-electron chi connectivity index (χ1n) is 3.49. The van der Waals surface area contributed by atoms with Crippen LogP contribution in [0.2, 0.25) is 5.02 Å². The summed E-state index contributed by atoms with van der Waals surface area (Å²) in [6.45, 7) is 0. The summed E-state index contributed by atoms with van der Waals surface area (Å²) < 4.78 is 5.35. The molecule has 2 rings (SSSR count). The van der Waals surface area contributed by atoms with Gasteiger partial charge in [-0.15, -0.1) is 5.10 Å². The van der Waals surface area contributed by atoms with Gasteiger partial charge in [-0.3, -0.25) is 0 Å². The lowest BCUT2D eigenvalue weighted by Crippen LogP contribution is -1.98. The second kappa shape index (κ2) is 2.66. The second-order valence-electron chi connectivity index (χ2n) is 2.53. The van der Waals surface area contributed by atoms with Gasteiger partial charge in [-0.05, 0) is 12.8 Å². The van der Waals surface area contributed by atoms with Crippen molar-refractivity contribution in [2.75, 3.05) is 0 Å². The molecule has 0 radical (unpaired) electrons. The van der Waals surface area contributed by atoms with Crippen LogP contribution in [0.5, 0.6) is 5.88 Å². The van der Waals surface area contributed by atoms with Crippen molar-refractivity contribution >= 4 is 11.6 Å². The largest absolute Gasteiger partial charge is 0.473 e. The Morgan fingerprint density at radius 1 is 1.55 bits per heavy atom. The Labute approximate surface area is 69.3 Å². The smallest absolute Gasteiger partial charge is 0.235 e. The molecule has 0 saturated heterocycles. The maximum atomic E-state index is 5.67. The number of nitrogens with zero attached hydrogens (tertiary/aromatic N) is 2. The number of halogens is 1. The zero-order valence-corrected chi connectivity index (χ0v) is 6.58. The van der Waals surface area contributed by atoms with Crippen molar-refractivity contribution in [1.82, 2.24) is 10.2 Å². The van der Waals surface area contributed by atoms with E-state index in [1.165, 1.54) is 6.20 Å². The molecule has 0 amide bonds.